The fourth-order valence-corrected chi connectivity index (χ4v) is 1.64. The molecule has 0 saturated heterocycles. The number of amides is 1. The zero-order valence-electron chi connectivity index (χ0n) is 11.4. The van der Waals surface area contributed by atoms with Gasteiger partial charge in [0.2, 0.25) is 5.91 Å². The molecule has 19 heavy (non-hydrogen) atoms. The lowest BCUT2D eigenvalue weighted by molar-refractivity contribution is -0.125. The van der Waals surface area contributed by atoms with Gasteiger partial charge in [0, 0.05) is 13.7 Å². The van der Waals surface area contributed by atoms with Crippen molar-refractivity contribution in [2.75, 3.05) is 33.5 Å². The Hall–Kier alpha value is -1.43. The highest BCUT2D eigenvalue weighted by molar-refractivity contribution is 5.77. The molecule has 0 bridgehead atoms. The lowest BCUT2D eigenvalue weighted by Crippen LogP contribution is -2.32. The number of aliphatic hydroxyl groups is 1. The molecule has 2 N–H and O–H groups in total. The molecule has 1 rings (SSSR count). The highest BCUT2D eigenvalue weighted by atomic mass is 16.5. The molecule has 0 aliphatic rings. The van der Waals surface area contributed by atoms with E-state index in [-0.39, 0.29) is 31.8 Å². The number of aryl methyl sites for hydroxylation is 1. The van der Waals surface area contributed by atoms with Gasteiger partial charge in [-0.1, -0.05) is 29.8 Å². The molecule has 0 aromatic heterocycles. The van der Waals surface area contributed by atoms with Gasteiger partial charge in [0.25, 0.3) is 0 Å². The van der Waals surface area contributed by atoms with E-state index in [0.717, 1.165) is 11.1 Å². The Kier molecular flexibility index (Phi) is 7.10. The maximum atomic E-state index is 11.4. The number of carbonyl (C=O) groups excluding carboxylic acids is 1. The van der Waals surface area contributed by atoms with Gasteiger partial charge in [-0.3, -0.25) is 4.79 Å². The number of methoxy groups -OCH3 is 1. The van der Waals surface area contributed by atoms with Gasteiger partial charge < -0.3 is 19.9 Å². The van der Waals surface area contributed by atoms with Gasteiger partial charge in [-0.2, -0.15) is 0 Å². The average Bonchev–Trinajstić information content (AvgIpc) is 2.40. The molecule has 0 aliphatic heterocycles. The van der Waals surface area contributed by atoms with Crippen LogP contribution in [0.3, 0.4) is 0 Å². The van der Waals surface area contributed by atoms with Gasteiger partial charge in [0.15, 0.2) is 0 Å². The predicted molar refractivity (Wildman–Crippen MR) is 71.8 cm³/mol. The van der Waals surface area contributed by atoms with Crippen molar-refractivity contribution in [1.82, 2.24) is 5.32 Å². The van der Waals surface area contributed by atoms with Gasteiger partial charge in [-0.15, -0.1) is 0 Å². The largest absolute Gasteiger partial charge is 0.394 e. The number of ether oxygens (including phenoxy) is 2. The Morgan fingerprint density at radius 2 is 2.05 bits per heavy atom. The molecule has 1 atom stereocenters. The molecule has 106 valence electrons. The number of hydrogen-bond donors (Lipinski definition) is 2. The van der Waals surface area contributed by atoms with Crippen molar-refractivity contribution in [3.63, 3.8) is 0 Å². The molecule has 0 spiro atoms. The first kappa shape index (κ1) is 15.6. The summed E-state index contributed by atoms with van der Waals surface area (Å²) in [6.07, 6.45) is -0.270. The summed E-state index contributed by atoms with van der Waals surface area (Å²) in [5.74, 6) is -0.188. The number of nitrogens with one attached hydrogen (secondary N) is 1. The Morgan fingerprint density at radius 1 is 1.37 bits per heavy atom. The van der Waals surface area contributed by atoms with E-state index in [1.54, 1.807) is 0 Å². The van der Waals surface area contributed by atoms with Gasteiger partial charge in [-0.25, -0.2) is 0 Å². The van der Waals surface area contributed by atoms with Crippen molar-refractivity contribution < 1.29 is 19.4 Å². The van der Waals surface area contributed by atoms with Crippen LogP contribution in [0.4, 0.5) is 0 Å². The first-order valence-corrected chi connectivity index (χ1v) is 6.22. The predicted octanol–water partition coefficient (Wildman–Crippen LogP) is 0.808. The van der Waals surface area contributed by atoms with E-state index in [2.05, 4.69) is 5.32 Å². The molecule has 1 unspecified atom stereocenters. The first-order chi connectivity index (χ1) is 9.17. The molecule has 0 saturated carbocycles. The Labute approximate surface area is 113 Å². The quantitative estimate of drug-likeness (QED) is 0.731. The number of carbonyl (C=O) groups is 1. The third-order valence-corrected chi connectivity index (χ3v) is 2.62. The van der Waals surface area contributed by atoms with E-state index in [9.17, 15) is 4.79 Å². The average molecular weight is 267 g/mol. The molecule has 1 aromatic rings. The van der Waals surface area contributed by atoms with Crippen LogP contribution in [0.2, 0.25) is 0 Å². The number of benzene rings is 1. The standard InChI is InChI=1S/C14H21NO4/c1-11-3-5-12(6-4-11)13(19-8-7-16)9-15-14(17)10-18-2/h3-6,13,16H,7-10H2,1-2H3,(H,15,17). The normalized spacial score (nSPS) is 12.2. The number of aliphatic hydroxyl groups excluding tert-OH is 1. The summed E-state index contributed by atoms with van der Waals surface area (Å²) in [6, 6.07) is 7.89. The summed E-state index contributed by atoms with van der Waals surface area (Å²) in [5, 5.41) is 11.6. The minimum atomic E-state index is -0.270. The van der Waals surface area contributed by atoms with E-state index in [0.29, 0.717) is 6.54 Å². The van der Waals surface area contributed by atoms with Crippen LogP contribution in [-0.4, -0.2) is 44.5 Å². The van der Waals surface area contributed by atoms with Crippen molar-refractivity contribution in [3.8, 4) is 0 Å². The van der Waals surface area contributed by atoms with Crippen molar-refractivity contribution >= 4 is 5.91 Å². The van der Waals surface area contributed by atoms with Gasteiger partial charge >= 0.3 is 0 Å². The molecule has 5 heteroatoms. The molecule has 1 amide bonds. The second kappa shape index (κ2) is 8.63. The van der Waals surface area contributed by atoms with Crippen LogP contribution in [0.5, 0.6) is 0 Å². The summed E-state index contributed by atoms with van der Waals surface area (Å²) in [4.78, 5) is 11.4. The fraction of sp³-hybridized carbons (Fsp3) is 0.500. The summed E-state index contributed by atoms with van der Waals surface area (Å²) < 4.78 is 10.3. The van der Waals surface area contributed by atoms with Crippen molar-refractivity contribution in [3.05, 3.63) is 35.4 Å². The number of hydrogen-bond acceptors (Lipinski definition) is 4. The lowest BCUT2D eigenvalue weighted by Gasteiger charge is -2.18. The smallest absolute Gasteiger partial charge is 0.246 e. The number of rotatable bonds is 8. The van der Waals surface area contributed by atoms with Gasteiger partial charge in [0.1, 0.15) is 6.61 Å². The van der Waals surface area contributed by atoms with Crippen LogP contribution in [0.15, 0.2) is 24.3 Å². The van der Waals surface area contributed by atoms with Crippen LogP contribution in [0.1, 0.15) is 17.2 Å². The van der Waals surface area contributed by atoms with Crippen molar-refractivity contribution in [1.29, 1.82) is 0 Å². The van der Waals surface area contributed by atoms with Crippen LogP contribution >= 0.6 is 0 Å². The van der Waals surface area contributed by atoms with Crippen LogP contribution in [-0.2, 0) is 14.3 Å². The topological polar surface area (TPSA) is 67.8 Å². The molecule has 0 heterocycles. The second-order valence-electron chi connectivity index (χ2n) is 4.23. The van der Waals surface area contributed by atoms with Gasteiger partial charge in [-0.05, 0) is 12.5 Å². The monoisotopic (exact) mass is 267 g/mol. The zero-order chi connectivity index (χ0) is 14.1. The SMILES string of the molecule is COCC(=O)NCC(OCCO)c1ccc(C)cc1. The molecule has 5 nitrogen and oxygen atoms in total. The first-order valence-electron chi connectivity index (χ1n) is 6.22. The molecular weight excluding hydrogens is 246 g/mol. The molecule has 0 radical (unpaired) electrons. The lowest BCUT2D eigenvalue weighted by atomic mass is 10.1. The fourth-order valence-electron chi connectivity index (χ4n) is 1.64. The van der Waals surface area contributed by atoms with Crippen LogP contribution in [0, 0.1) is 6.92 Å². The zero-order valence-corrected chi connectivity index (χ0v) is 11.4. The molecule has 1 aromatic carbocycles. The van der Waals surface area contributed by atoms with Crippen molar-refractivity contribution in [2.45, 2.75) is 13.0 Å². The van der Waals surface area contributed by atoms with Gasteiger partial charge in [0.05, 0.1) is 19.3 Å². The van der Waals surface area contributed by atoms with E-state index >= 15 is 0 Å². The van der Waals surface area contributed by atoms with Crippen molar-refractivity contribution in [2.24, 2.45) is 0 Å². The molecule has 0 aliphatic carbocycles. The summed E-state index contributed by atoms with van der Waals surface area (Å²) in [5.41, 5.74) is 2.13. The van der Waals surface area contributed by atoms with E-state index in [1.807, 2.05) is 31.2 Å². The minimum absolute atomic E-state index is 0.0284. The van der Waals surface area contributed by atoms with E-state index in [4.69, 9.17) is 14.6 Å². The molecule has 0 fully saturated rings. The third kappa shape index (κ3) is 5.83. The Morgan fingerprint density at radius 3 is 2.63 bits per heavy atom. The summed E-state index contributed by atoms with van der Waals surface area (Å²) in [7, 11) is 1.47. The minimum Gasteiger partial charge on any atom is -0.394 e. The summed E-state index contributed by atoms with van der Waals surface area (Å²) in [6.45, 7) is 2.58. The van der Waals surface area contributed by atoms with E-state index < -0.39 is 0 Å². The Bertz CT molecular complexity index is 378. The summed E-state index contributed by atoms with van der Waals surface area (Å²) >= 11 is 0. The highest BCUT2D eigenvalue weighted by Gasteiger charge is 2.13. The highest BCUT2D eigenvalue weighted by Crippen LogP contribution is 2.17. The van der Waals surface area contributed by atoms with Crippen LogP contribution in [0.25, 0.3) is 0 Å². The van der Waals surface area contributed by atoms with Crippen LogP contribution < -0.4 is 5.32 Å². The maximum absolute atomic E-state index is 11.4. The second-order valence-corrected chi connectivity index (χ2v) is 4.23. The van der Waals surface area contributed by atoms with E-state index in [1.165, 1.54) is 7.11 Å². The third-order valence-electron chi connectivity index (χ3n) is 2.62. The maximum Gasteiger partial charge on any atom is 0.246 e. The molecular formula is C14H21NO4. The Balaban J connectivity index is 2.60.